The maximum absolute atomic E-state index is 9.08. The van der Waals surface area contributed by atoms with Crippen molar-refractivity contribution in [3.8, 4) is 11.5 Å². The molecule has 0 spiro atoms. The minimum Gasteiger partial charge on any atom is -0.453 e. The number of fused-ring (bicyclic) bond motifs is 1. The smallest absolute Gasteiger partial charge is 0.231 e. The third kappa shape index (κ3) is 1.92. The van der Waals surface area contributed by atoms with E-state index in [1.807, 2.05) is 6.07 Å². The quantitative estimate of drug-likeness (QED) is 0.929. The number of rotatable bonds is 3. The Morgan fingerprint density at radius 2 is 2.06 bits per heavy atom. The predicted octanol–water partition coefficient (Wildman–Crippen LogP) is 2.84. The number of ether oxygens (including phenoxy) is 2. The van der Waals surface area contributed by atoms with Crippen LogP contribution in [0.5, 0.6) is 11.5 Å². The van der Waals surface area contributed by atoms with E-state index in [0.29, 0.717) is 12.3 Å². The van der Waals surface area contributed by atoms with Crippen LogP contribution in [0.2, 0.25) is 0 Å². The van der Waals surface area contributed by atoms with Gasteiger partial charge in [0.25, 0.3) is 0 Å². The highest BCUT2D eigenvalue weighted by Gasteiger charge is 2.25. The Morgan fingerprint density at radius 1 is 1.38 bits per heavy atom. The summed E-state index contributed by atoms with van der Waals surface area (Å²) >= 11 is 3.46. The molecular weight excluding hydrogens is 272 g/mol. The summed E-state index contributed by atoms with van der Waals surface area (Å²) in [6.45, 7) is 4.65. The van der Waals surface area contributed by atoms with Crippen LogP contribution >= 0.6 is 15.9 Å². The molecule has 0 fully saturated rings. The number of aliphatic hydroxyl groups excluding tert-OH is 1. The minimum atomic E-state index is 0.145. The van der Waals surface area contributed by atoms with Crippen LogP contribution in [-0.2, 0) is 6.42 Å². The van der Waals surface area contributed by atoms with E-state index in [4.69, 9.17) is 14.6 Å². The first kappa shape index (κ1) is 11.7. The monoisotopic (exact) mass is 286 g/mol. The first-order valence-electron chi connectivity index (χ1n) is 5.37. The molecule has 88 valence electrons. The lowest BCUT2D eigenvalue weighted by molar-refractivity contribution is 0.172. The van der Waals surface area contributed by atoms with Gasteiger partial charge in [-0.3, -0.25) is 0 Å². The predicted molar refractivity (Wildman–Crippen MR) is 65.1 cm³/mol. The largest absolute Gasteiger partial charge is 0.453 e. The maximum Gasteiger partial charge on any atom is 0.231 e. The van der Waals surface area contributed by atoms with E-state index in [-0.39, 0.29) is 13.4 Å². The molecule has 2 rings (SSSR count). The van der Waals surface area contributed by atoms with Crippen LogP contribution in [0, 0.1) is 0 Å². The summed E-state index contributed by atoms with van der Waals surface area (Å²) in [4.78, 5) is 0. The molecular formula is C12H15BrO3. The SMILES string of the molecule is CC(C)c1c(CCO)cc(Br)c2c1OCO2. The van der Waals surface area contributed by atoms with Gasteiger partial charge >= 0.3 is 0 Å². The van der Waals surface area contributed by atoms with Crippen LogP contribution < -0.4 is 9.47 Å². The van der Waals surface area contributed by atoms with Crippen molar-refractivity contribution in [2.45, 2.75) is 26.2 Å². The topological polar surface area (TPSA) is 38.7 Å². The highest BCUT2D eigenvalue weighted by molar-refractivity contribution is 9.10. The standard InChI is InChI=1S/C12H15BrO3/c1-7(2)10-8(3-4-14)5-9(13)11-12(10)16-6-15-11/h5,7,14H,3-4,6H2,1-2H3. The number of hydrogen-bond acceptors (Lipinski definition) is 3. The van der Waals surface area contributed by atoms with Gasteiger partial charge in [-0.2, -0.15) is 0 Å². The van der Waals surface area contributed by atoms with E-state index >= 15 is 0 Å². The normalized spacial score (nSPS) is 13.6. The van der Waals surface area contributed by atoms with E-state index in [2.05, 4.69) is 29.8 Å². The Hall–Kier alpha value is -0.740. The van der Waals surface area contributed by atoms with Crippen LogP contribution in [0.25, 0.3) is 0 Å². The third-order valence-corrected chi connectivity index (χ3v) is 3.27. The first-order valence-corrected chi connectivity index (χ1v) is 6.16. The van der Waals surface area contributed by atoms with E-state index in [0.717, 1.165) is 27.1 Å². The average Bonchev–Trinajstić information content (AvgIpc) is 2.66. The van der Waals surface area contributed by atoms with Crippen LogP contribution in [0.4, 0.5) is 0 Å². The second-order valence-electron chi connectivity index (χ2n) is 4.12. The second kappa shape index (κ2) is 4.63. The molecule has 1 aliphatic heterocycles. The molecule has 16 heavy (non-hydrogen) atoms. The lowest BCUT2D eigenvalue weighted by Crippen LogP contribution is -2.02. The van der Waals surface area contributed by atoms with Crippen molar-refractivity contribution in [3.63, 3.8) is 0 Å². The molecule has 0 bridgehead atoms. The Labute approximate surface area is 104 Å². The first-order chi connectivity index (χ1) is 7.65. The van der Waals surface area contributed by atoms with Crippen molar-refractivity contribution in [3.05, 3.63) is 21.7 Å². The summed E-state index contributed by atoms with van der Waals surface area (Å²) in [5.41, 5.74) is 2.26. The van der Waals surface area contributed by atoms with E-state index < -0.39 is 0 Å². The summed E-state index contributed by atoms with van der Waals surface area (Å²) in [6.07, 6.45) is 0.642. The molecule has 0 saturated heterocycles. The highest BCUT2D eigenvalue weighted by atomic mass is 79.9. The molecule has 0 saturated carbocycles. The molecule has 0 unspecified atom stereocenters. The summed E-state index contributed by atoms with van der Waals surface area (Å²) in [5, 5.41) is 9.08. The number of halogens is 1. The molecule has 1 heterocycles. The zero-order valence-electron chi connectivity index (χ0n) is 9.42. The molecule has 4 heteroatoms. The van der Waals surface area contributed by atoms with Crippen molar-refractivity contribution < 1.29 is 14.6 Å². The van der Waals surface area contributed by atoms with E-state index in [1.165, 1.54) is 0 Å². The summed E-state index contributed by atoms with van der Waals surface area (Å²) < 4.78 is 11.8. The van der Waals surface area contributed by atoms with Crippen molar-refractivity contribution in [2.24, 2.45) is 0 Å². The summed E-state index contributed by atoms with van der Waals surface area (Å²) in [5.74, 6) is 1.96. The number of benzene rings is 1. The van der Waals surface area contributed by atoms with Gasteiger partial charge < -0.3 is 14.6 Å². The van der Waals surface area contributed by atoms with Crippen molar-refractivity contribution in [1.29, 1.82) is 0 Å². The zero-order valence-corrected chi connectivity index (χ0v) is 11.0. The maximum atomic E-state index is 9.08. The lowest BCUT2D eigenvalue weighted by atomic mass is 9.94. The molecule has 1 aromatic carbocycles. The fourth-order valence-corrected chi connectivity index (χ4v) is 2.63. The van der Waals surface area contributed by atoms with Crippen LogP contribution in [0.15, 0.2) is 10.5 Å². The van der Waals surface area contributed by atoms with E-state index in [9.17, 15) is 0 Å². The Morgan fingerprint density at radius 3 is 2.69 bits per heavy atom. The van der Waals surface area contributed by atoms with Gasteiger partial charge in [0.1, 0.15) is 0 Å². The molecule has 1 aromatic rings. The van der Waals surface area contributed by atoms with Gasteiger partial charge in [0.15, 0.2) is 11.5 Å². The average molecular weight is 287 g/mol. The molecule has 0 atom stereocenters. The van der Waals surface area contributed by atoms with Crippen LogP contribution in [0.3, 0.4) is 0 Å². The zero-order chi connectivity index (χ0) is 11.7. The van der Waals surface area contributed by atoms with Gasteiger partial charge in [-0.1, -0.05) is 13.8 Å². The molecule has 0 aliphatic carbocycles. The summed E-state index contributed by atoms with van der Waals surface area (Å²) in [7, 11) is 0. The Balaban J connectivity index is 2.57. The van der Waals surface area contributed by atoms with Crippen LogP contribution in [0.1, 0.15) is 30.9 Å². The Kier molecular flexibility index (Phi) is 3.40. The van der Waals surface area contributed by atoms with Crippen LogP contribution in [-0.4, -0.2) is 18.5 Å². The van der Waals surface area contributed by atoms with Gasteiger partial charge in [-0.05, 0) is 39.9 Å². The fraction of sp³-hybridized carbons (Fsp3) is 0.500. The van der Waals surface area contributed by atoms with Gasteiger partial charge in [0, 0.05) is 12.2 Å². The Bertz CT molecular complexity index is 402. The highest BCUT2D eigenvalue weighted by Crippen LogP contribution is 2.46. The van der Waals surface area contributed by atoms with Gasteiger partial charge in [0.05, 0.1) is 4.47 Å². The number of hydrogen-bond donors (Lipinski definition) is 1. The van der Waals surface area contributed by atoms with Crippen molar-refractivity contribution in [2.75, 3.05) is 13.4 Å². The molecule has 3 nitrogen and oxygen atoms in total. The van der Waals surface area contributed by atoms with Gasteiger partial charge in [-0.15, -0.1) is 0 Å². The molecule has 1 N–H and O–H groups in total. The molecule has 0 radical (unpaired) electrons. The lowest BCUT2D eigenvalue weighted by Gasteiger charge is -2.15. The molecule has 1 aliphatic rings. The minimum absolute atomic E-state index is 0.145. The molecule has 0 amide bonds. The third-order valence-electron chi connectivity index (χ3n) is 2.68. The van der Waals surface area contributed by atoms with Crippen molar-refractivity contribution >= 4 is 15.9 Å². The van der Waals surface area contributed by atoms with E-state index in [1.54, 1.807) is 0 Å². The van der Waals surface area contributed by atoms with Gasteiger partial charge in [-0.25, -0.2) is 0 Å². The van der Waals surface area contributed by atoms with Gasteiger partial charge in [0.2, 0.25) is 6.79 Å². The van der Waals surface area contributed by atoms with Crippen molar-refractivity contribution in [1.82, 2.24) is 0 Å². The second-order valence-corrected chi connectivity index (χ2v) is 4.98. The summed E-state index contributed by atoms with van der Waals surface area (Å²) in [6, 6.07) is 2.01. The molecule has 0 aromatic heterocycles. The number of aliphatic hydroxyl groups is 1. The fourth-order valence-electron chi connectivity index (χ4n) is 2.06.